The fourth-order valence-electron chi connectivity index (χ4n) is 0.823. The minimum absolute atomic E-state index is 0.149. The fourth-order valence-corrected chi connectivity index (χ4v) is 0.823. The highest BCUT2D eigenvalue weighted by atomic mass is 16.2. The summed E-state index contributed by atoms with van der Waals surface area (Å²) >= 11 is 0. The third kappa shape index (κ3) is 1.24. The Bertz CT molecular complexity index is 273. The monoisotopic (exact) mass is 170 g/mol. The number of hydrogen-bond donors (Lipinski definition) is 4. The van der Waals surface area contributed by atoms with E-state index < -0.39 is 17.4 Å². The number of rotatable bonds is 2. The third-order valence-corrected chi connectivity index (χ3v) is 1.67. The lowest BCUT2D eigenvalue weighted by Crippen LogP contribution is -2.52. The fraction of sp³-hybridized carbons (Fsp3) is 0.333. The average Bonchev–Trinajstić information content (AvgIpc) is 2.33. The van der Waals surface area contributed by atoms with Crippen molar-refractivity contribution in [3.05, 3.63) is 11.8 Å². The van der Waals surface area contributed by atoms with E-state index >= 15 is 0 Å². The van der Waals surface area contributed by atoms with Gasteiger partial charge in [-0.2, -0.15) is 0 Å². The zero-order valence-electron chi connectivity index (χ0n) is 6.55. The maximum Gasteiger partial charge on any atom is 0.265 e. The van der Waals surface area contributed by atoms with Crippen LogP contribution < -0.4 is 22.3 Å². The summed E-state index contributed by atoms with van der Waals surface area (Å²) < 4.78 is 0. The molecular formula is C6H10N4O2. The molecule has 12 heavy (non-hydrogen) atoms. The van der Waals surface area contributed by atoms with Gasteiger partial charge in [0.1, 0.15) is 11.2 Å². The first-order valence-electron chi connectivity index (χ1n) is 3.31. The van der Waals surface area contributed by atoms with Crippen molar-refractivity contribution in [2.45, 2.75) is 12.5 Å². The van der Waals surface area contributed by atoms with Crippen LogP contribution in [0.5, 0.6) is 0 Å². The molecule has 1 heterocycles. The number of carbonyl (C=O) groups is 2. The zero-order valence-corrected chi connectivity index (χ0v) is 6.55. The standard InChI is InChI=1S/C6H10N4O2/c1-6(5(8)12)2-3(4(7)11)9-10-6/h2,9-10H,1H3,(H2,7,11)(H2,8,12). The minimum Gasteiger partial charge on any atom is -0.368 e. The molecule has 0 aliphatic carbocycles. The summed E-state index contributed by atoms with van der Waals surface area (Å²) in [5.41, 5.74) is 14.1. The highest BCUT2D eigenvalue weighted by Crippen LogP contribution is 2.11. The second-order valence-corrected chi connectivity index (χ2v) is 2.74. The summed E-state index contributed by atoms with van der Waals surface area (Å²) in [6, 6.07) is 0. The maximum absolute atomic E-state index is 10.8. The molecular weight excluding hydrogens is 160 g/mol. The van der Waals surface area contributed by atoms with E-state index in [0.29, 0.717) is 0 Å². The minimum atomic E-state index is -1.04. The van der Waals surface area contributed by atoms with Gasteiger partial charge in [0.05, 0.1) is 0 Å². The summed E-state index contributed by atoms with van der Waals surface area (Å²) in [7, 11) is 0. The van der Waals surface area contributed by atoms with Crippen molar-refractivity contribution in [1.29, 1.82) is 0 Å². The van der Waals surface area contributed by atoms with Crippen molar-refractivity contribution in [2.75, 3.05) is 0 Å². The van der Waals surface area contributed by atoms with Crippen LogP contribution in [0.25, 0.3) is 0 Å². The lowest BCUT2D eigenvalue weighted by molar-refractivity contribution is -0.122. The molecule has 1 unspecified atom stereocenters. The van der Waals surface area contributed by atoms with E-state index in [1.165, 1.54) is 13.0 Å². The van der Waals surface area contributed by atoms with Crippen LogP contribution in [0.4, 0.5) is 0 Å². The first-order chi connectivity index (χ1) is 5.46. The van der Waals surface area contributed by atoms with Gasteiger partial charge < -0.3 is 16.9 Å². The molecule has 1 rings (SSSR count). The molecule has 1 aliphatic rings. The van der Waals surface area contributed by atoms with E-state index in [2.05, 4.69) is 10.9 Å². The van der Waals surface area contributed by atoms with Crippen LogP contribution in [-0.2, 0) is 9.59 Å². The Morgan fingerprint density at radius 1 is 1.50 bits per heavy atom. The zero-order chi connectivity index (χ0) is 9.35. The summed E-state index contributed by atoms with van der Waals surface area (Å²) in [5.74, 6) is -1.21. The van der Waals surface area contributed by atoms with Crippen LogP contribution in [0.1, 0.15) is 6.92 Å². The van der Waals surface area contributed by atoms with Gasteiger partial charge in [-0.05, 0) is 13.0 Å². The van der Waals surface area contributed by atoms with Crippen LogP contribution in [0.3, 0.4) is 0 Å². The van der Waals surface area contributed by atoms with Gasteiger partial charge >= 0.3 is 0 Å². The molecule has 0 radical (unpaired) electrons. The normalized spacial score (nSPS) is 27.6. The van der Waals surface area contributed by atoms with Gasteiger partial charge in [0.2, 0.25) is 5.91 Å². The lowest BCUT2D eigenvalue weighted by Gasteiger charge is -2.16. The highest BCUT2D eigenvalue weighted by Gasteiger charge is 2.34. The largest absolute Gasteiger partial charge is 0.368 e. The predicted octanol–water partition coefficient (Wildman–Crippen LogP) is -2.29. The van der Waals surface area contributed by atoms with Gasteiger partial charge in [0.25, 0.3) is 5.91 Å². The number of hydrogen-bond acceptors (Lipinski definition) is 4. The molecule has 0 saturated carbocycles. The van der Waals surface area contributed by atoms with Gasteiger partial charge in [0, 0.05) is 0 Å². The predicted molar refractivity (Wildman–Crippen MR) is 41.1 cm³/mol. The van der Waals surface area contributed by atoms with Gasteiger partial charge in [-0.1, -0.05) is 0 Å². The van der Waals surface area contributed by atoms with Crippen LogP contribution in [0, 0.1) is 0 Å². The number of amides is 2. The molecule has 0 saturated heterocycles. The Kier molecular flexibility index (Phi) is 1.77. The van der Waals surface area contributed by atoms with Crippen molar-refractivity contribution in [3.8, 4) is 0 Å². The molecule has 2 amide bonds. The Hall–Kier alpha value is -1.56. The van der Waals surface area contributed by atoms with Crippen molar-refractivity contribution < 1.29 is 9.59 Å². The molecule has 0 aromatic heterocycles. The van der Waals surface area contributed by atoms with Gasteiger partial charge in [-0.25, -0.2) is 5.43 Å². The second-order valence-electron chi connectivity index (χ2n) is 2.74. The molecule has 0 aromatic carbocycles. The molecule has 6 N–H and O–H groups in total. The Morgan fingerprint density at radius 3 is 2.33 bits per heavy atom. The SMILES string of the molecule is CC1(C(N)=O)C=C(C(N)=O)NN1. The second kappa shape index (κ2) is 2.49. The number of nitrogens with two attached hydrogens (primary N) is 2. The average molecular weight is 170 g/mol. The van der Waals surface area contributed by atoms with E-state index in [4.69, 9.17) is 11.5 Å². The van der Waals surface area contributed by atoms with Crippen LogP contribution in [-0.4, -0.2) is 17.4 Å². The van der Waals surface area contributed by atoms with E-state index in [1.807, 2.05) is 0 Å². The lowest BCUT2D eigenvalue weighted by atomic mass is 10.0. The number of nitrogens with one attached hydrogen (secondary N) is 2. The first kappa shape index (κ1) is 8.54. The molecule has 1 aliphatic heterocycles. The number of primary amides is 2. The summed E-state index contributed by atoms with van der Waals surface area (Å²) in [6.45, 7) is 1.54. The molecule has 0 bridgehead atoms. The van der Waals surface area contributed by atoms with Crippen molar-refractivity contribution >= 4 is 11.8 Å². The smallest absolute Gasteiger partial charge is 0.265 e. The van der Waals surface area contributed by atoms with Crippen molar-refractivity contribution in [3.63, 3.8) is 0 Å². The highest BCUT2D eigenvalue weighted by molar-refractivity contribution is 5.96. The quantitative estimate of drug-likeness (QED) is 0.373. The summed E-state index contributed by atoms with van der Waals surface area (Å²) in [5, 5.41) is 0. The third-order valence-electron chi connectivity index (χ3n) is 1.67. The Balaban J connectivity index is 2.89. The van der Waals surface area contributed by atoms with Gasteiger partial charge in [0.15, 0.2) is 0 Å². The van der Waals surface area contributed by atoms with Crippen molar-refractivity contribution in [2.24, 2.45) is 11.5 Å². The van der Waals surface area contributed by atoms with Crippen molar-refractivity contribution in [1.82, 2.24) is 10.9 Å². The van der Waals surface area contributed by atoms with Gasteiger partial charge in [-0.3, -0.25) is 9.59 Å². The number of carbonyl (C=O) groups excluding carboxylic acids is 2. The maximum atomic E-state index is 10.8. The number of hydrazine groups is 1. The molecule has 0 fully saturated rings. The summed E-state index contributed by atoms with van der Waals surface area (Å²) in [4.78, 5) is 21.4. The molecule has 66 valence electrons. The molecule has 6 heteroatoms. The van der Waals surface area contributed by atoms with Crippen LogP contribution in [0.15, 0.2) is 11.8 Å². The first-order valence-corrected chi connectivity index (χ1v) is 3.31. The van der Waals surface area contributed by atoms with Gasteiger partial charge in [-0.15, -0.1) is 0 Å². The summed E-state index contributed by atoms with van der Waals surface area (Å²) in [6.07, 6.45) is 1.36. The van der Waals surface area contributed by atoms with E-state index in [1.54, 1.807) is 0 Å². The molecule has 1 atom stereocenters. The van der Waals surface area contributed by atoms with Crippen LogP contribution in [0.2, 0.25) is 0 Å². The van der Waals surface area contributed by atoms with E-state index in [0.717, 1.165) is 0 Å². The van der Waals surface area contributed by atoms with E-state index in [9.17, 15) is 9.59 Å². The topological polar surface area (TPSA) is 110 Å². The molecule has 0 aromatic rings. The van der Waals surface area contributed by atoms with Crippen LogP contribution >= 0.6 is 0 Å². The Morgan fingerprint density at radius 2 is 2.08 bits per heavy atom. The molecule has 0 spiro atoms. The van der Waals surface area contributed by atoms with E-state index in [-0.39, 0.29) is 5.70 Å². The Labute approximate surface area is 68.9 Å². The molecule has 6 nitrogen and oxygen atoms in total.